The van der Waals surface area contributed by atoms with Crippen LogP contribution in [0.15, 0.2) is 24.5 Å². The van der Waals surface area contributed by atoms with Crippen molar-refractivity contribution < 1.29 is 13.6 Å². The van der Waals surface area contributed by atoms with Crippen molar-refractivity contribution in [3.63, 3.8) is 0 Å². The zero-order chi connectivity index (χ0) is 13.8. The molecule has 2 aromatic heterocycles. The number of alkyl halides is 2. The molecule has 2 rings (SSSR count). The summed E-state index contributed by atoms with van der Waals surface area (Å²) >= 11 is 0. The number of amides is 1. The van der Waals surface area contributed by atoms with Gasteiger partial charge in [0.2, 0.25) is 0 Å². The SMILES string of the molecule is Nc1[nH]ncc1CNC(=O)c1cccn1CC(F)F. The zero-order valence-electron chi connectivity index (χ0n) is 9.94. The molecule has 0 spiro atoms. The summed E-state index contributed by atoms with van der Waals surface area (Å²) in [6, 6.07) is 3.03. The van der Waals surface area contributed by atoms with Gasteiger partial charge in [-0.15, -0.1) is 0 Å². The lowest BCUT2D eigenvalue weighted by Gasteiger charge is -2.09. The first-order valence-corrected chi connectivity index (χ1v) is 5.57. The van der Waals surface area contributed by atoms with E-state index in [1.54, 1.807) is 6.07 Å². The smallest absolute Gasteiger partial charge is 0.268 e. The maximum absolute atomic E-state index is 12.3. The van der Waals surface area contributed by atoms with E-state index in [9.17, 15) is 13.6 Å². The van der Waals surface area contributed by atoms with Crippen LogP contribution in [0, 0.1) is 0 Å². The van der Waals surface area contributed by atoms with E-state index in [1.165, 1.54) is 23.0 Å². The molecule has 2 heterocycles. The highest BCUT2D eigenvalue weighted by Crippen LogP contribution is 2.08. The van der Waals surface area contributed by atoms with E-state index >= 15 is 0 Å². The molecule has 0 aliphatic rings. The van der Waals surface area contributed by atoms with Crippen molar-refractivity contribution >= 4 is 11.7 Å². The number of carbonyl (C=O) groups is 1. The number of carbonyl (C=O) groups excluding carboxylic acids is 1. The summed E-state index contributed by atoms with van der Waals surface area (Å²) in [5.74, 6) is -0.0745. The summed E-state index contributed by atoms with van der Waals surface area (Å²) < 4.78 is 25.9. The van der Waals surface area contributed by atoms with Crippen LogP contribution >= 0.6 is 0 Å². The Kier molecular flexibility index (Phi) is 3.79. The highest BCUT2D eigenvalue weighted by Gasteiger charge is 2.14. The summed E-state index contributed by atoms with van der Waals surface area (Å²) in [6.07, 6.45) is 0.421. The van der Waals surface area contributed by atoms with Crippen LogP contribution < -0.4 is 11.1 Å². The predicted octanol–water partition coefficient (Wildman–Crippen LogP) is 0.988. The third-order valence-corrected chi connectivity index (χ3v) is 2.59. The average molecular weight is 269 g/mol. The van der Waals surface area contributed by atoms with E-state index in [0.717, 1.165) is 0 Å². The Morgan fingerprint density at radius 1 is 1.58 bits per heavy atom. The molecule has 6 nitrogen and oxygen atoms in total. The standard InChI is InChI=1S/C11H13F2N5O/c12-9(13)6-18-3-1-2-8(18)11(19)15-4-7-5-16-17-10(7)14/h1-3,5,9H,4,6H2,(H,15,19)(H3,14,16,17). The monoisotopic (exact) mass is 269 g/mol. The topological polar surface area (TPSA) is 88.7 Å². The van der Waals surface area contributed by atoms with Gasteiger partial charge >= 0.3 is 0 Å². The van der Waals surface area contributed by atoms with Crippen molar-refractivity contribution in [3.8, 4) is 0 Å². The molecule has 19 heavy (non-hydrogen) atoms. The second-order valence-electron chi connectivity index (χ2n) is 3.93. The van der Waals surface area contributed by atoms with Gasteiger partial charge in [0.25, 0.3) is 12.3 Å². The van der Waals surface area contributed by atoms with Gasteiger partial charge in [-0.05, 0) is 12.1 Å². The molecular weight excluding hydrogens is 256 g/mol. The molecule has 0 saturated heterocycles. The first kappa shape index (κ1) is 13.1. The highest BCUT2D eigenvalue weighted by atomic mass is 19.3. The Morgan fingerprint density at radius 2 is 2.37 bits per heavy atom. The molecule has 0 unspecified atom stereocenters. The zero-order valence-corrected chi connectivity index (χ0v) is 9.94. The minimum atomic E-state index is -2.51. The van der Waals surface area contributed by atoms with E-state index in [0.29, 0.717) is 11.4 Å². The molecule has 0 fully saturated rings. The molecule has 0 atom stereocenters. The lowest BCUT2D eigenvalue weighted by atomic mass is 10.3. The first-order valence-electron chi connectivity index (χ1n) is 5.57. The van der Waals surface area contributed by atoms with Crippen LogP contribution in [-0.2, 0) is 13.1 Å². The quantitative estimate of drug-likeness (QED) is 0.756. The van der Waals surface area contributed by atoms with Crippen LogP contribution in [0.3, 0.4) is 0 Å². The number of hydrogen-bond acceptors (Lipinski definition) is 3. The Labute approximate surface area is 107 Å². The molecule has 1 amide bonds. The fraction of sp³-hybridized carbons (Fsp3) is 0.273. The number of aromatic amines is 1. The van der Waals surface area contributed by atoms with Crippen LogP contribution in [0.25, 0.3) is 0 Å². The second kappa shape index (κ2) is 5.51. The number of rotatable bonds is 5. The predicted molar refractivity (Wildman–Crippen MR) is 64.6 cm³/mol. The maximum Gasteiger partial charge on any atom is 0.268 e. The van der Waals surface area contributed by atoms with E-state index < -0.39 is 18.9 Å². The number of hydrogen-bond donors (Lipinski definition) is 3. The lowest BCUT2D eigenvalue weighted by molar-refractivity contribution is 0.0928. The molecule has 0 aliphatic carbocycles. The highest BCUT2D eigenvalue weighted by molar-refractivity contribution is 5.92. The van der Waals surface area contributed by atoms with Crippen LogP contribution in [0.4, 0.5) is 14.6 Å². The van der Waals surface area contributed by atoms with Gasteiger partial charge in [-0.1, -0.05) is 0 Å². The van der Waals surface area contributed by atoms with Crippen LogP contribution in [-0.4, -0.2) is 27.1 Å². The van der Waals surface area contributed by atoms with Gasteiger partial charge in [0.15, 0.2) is 0 Å². The summed E-state index contributed by atoms with van der Waals surface area (Å²) in [5.41, 5.74) is 6.39. The fourth-order valence-corrected chi connectivity index (χ4v) is 1.66. The molecule has 8 heteroatoms. The van der Waals surface area contributed by atoms with Crippen LogP contribution in [0.5, 0.6) is 0 Å². The van der Waals surface area contributed by atoms with Crippen molar-refractivity contribution in [3.05, 3.63) is 35.8 Å². The third kappa shape index (κ3) is 3.09. The summed E-state index contributed by atoms with van der Waals surface area (Å²) in [4.78, 5) is 11.9. The van der Waals surface area contributed by atoms with E-state index in [-0.39, 0.29) is 12.2 Å². The molecule has 0 bridgehead atoms. The second-order valence-corrected chi connectivity index (χ2v) is 3.93. The number of nitrogen functional groups attached to an aromatic ring is 1. The van der Waals surface area contributed by atoms with Gasteiger partial charge in [-0.2, -0.15) is 5.10 Å². The van der Waals surface area contributed by atoms with Crippen molar-refractivity contribution in [2.75, 3.05) is 5.73 Å². The van der Waals surface area contributed by atoms with E-state index in [1.807, 2.05) is 0 Å². The first-order chi connectivity index (χ1) is 9.08. The van der Waals surface area contributed by atoms with Crippen LogP contribution in [0.2, 0.25) is 0 Å². The number of halogens is 2. The minimum Gasteiger partial charge on any atom is -0.384 e. The average Bonchev–Trinajstić information content (AvgIpc) is 2.95. The number of H-pyrrole nitrogens is 1. The molecule has 102 valence electrons. The fourth-order valence-electron chi connectivity index (χ4n) is 1.66. The van der Waals surface area contributed by atoms with Crippen LogP contribution in [0.1, 0.15) is 16.1 Å². The van der Waals surface area contributed by atoms with Gasteiger partial charge in [0.05, 0.1) is 12.7 Å². The summed E-state index contributed by atoms with van der Waals surface area (Å²) in [7, 11) is 0. The Balaban J connectivity index is 2.00. The van der Waals surface area contributed by atoms with E-state index in [2.05, 4.69) is 15.5 Å². The maximum atomic E-state index is 12.3. The van der Waals surface area contributed by atoms with E-state index in [4.69, 9.17) is 5.73 Å². The molecular formula is C11H13F2N5O. The lowest BCUT2D eigenvalue weighted by Crippen LogP contribution is -2.26. The van der Waals surface area contributed by atoms with Crippen molar-refractivity contribution in [2.24, 2.45) is 0 Å². The number of nitrogens with two attached hydrogens (primary N) is 1. The van der Waals surface area contributed by atoms with Gasteiger partial charge in [-0.25, -0.2) is 8.78 Å². The van der Waals surface area contributed by atoms with Crippen molar-refractivity contribution in [1.82, 2.24) is 20.1 Å². The summed E-state index contributed by atoms with van der Waals surface area (Å²) in [5, 5.41) is 8.85. The van der Waals surface area contributed by atoms with Crippen molar-refractivity contribution in [2.45, 2.75) is 19.5 Å². The molecule has 0 saturated carbocycles. The Hall–Kier alpha value is -2.38. The van der Waals surface area contributed by atoms with Gasteiger partial charge in [0.1, 0.15) is 11.5 Å². The molecule has 4 N–H and O–H groups in total. The number of nitrogens with zero attached hydrogens (tertiary/aromatic N) is 2. The summed E-state index contributed by atoms with van der Waals surface area (Å²) in [6.45, 7) is -0.329. The largest absolute Gasteiger partial charge is 0.384 e. The number of anilines is 1. The molecule has 0 aromatic carbocycles. The van der Waals surface area contributed by atoms with Crippen molar-refractivity contribution in [1.29, 1.82) is 0 Å². The number of aromatic nitrogens is 3. The Bertz CT molecular complexity index is 563. The normalized spacial score (nSPS) is 10.9. The molecule has 2 aromatic rings. The molecule has 0 radical (unpaired) electrons. The minimum absolute atomic E-state index is 0.182. The third-order valence-electron chi connectivity index (χ3n) is 2.59. The van der Waals surface area contributed by atoms with Gasteiger partial charge in [0, 0.05) is 18.3 Å². The molecule has 0 aliphatic heterocycles. The van der Waals surface area contributed by atoms with Gasteiger partial charge in [-0.3, -0.25) is 9.89 Å². The Morgan fingerprint density at radius 3 is 3.00 bits per heavy atom. The van der Waals surface area contributed by atoms with Gasteiger partial charge < -0.3 is 15.6 Å². The number of nitrogens with one attached hydrogen (secondary N) is 2.